The third-order valence-corrected chi connectivity index (χ3v) is 8.00. The number of nitrogens with zero attached hydrogens (tertiary/aromatic N) is 1. The van der Waals surface area contributed by atoms with Crippen LogP contribution < -0.4 is 12.4 Å². The summed E-state index contributed by atoms with van der Waals surface area (Å²) in [5, 5.41) is 0. The molecule has 0 fully saturated rings. The summed E-state index contributed by atoms with van der Waals surface area (Å²) in [6, 6.07) is 0. The summed E-state index contributed by atoms with van der Waals surface area (Å²) in [4.78, 5) is 0. The zero-order valence-corrected chi connectivity index (χ0v) is 24.0. The summed E-state index contributed by atoms with van der Waals surface area (Å²) in [5.74, 6) is 0. The fourth-order valence-electron chi connectivity index (χ4n) is 5.20. The molecule has 0 aliphatic carbocycles. The molecule has 0 saturated carbocycles. The largest absolute Gasteiger partial charge is 1.00 e. The van der Waals surface area contributed by atoms with Crippen molar-refractivity contribution in [2.24, 2.45) is 0 Å². The predicted molar refractivity (Wildman–Crippen MR) is 144 cm³/mol. The van der Waals surface area contributed by atoms with Crippen molar-refractivity contribution < 1.29 is 16.9 Å². The van der Waals surface area contributed by atoms with E-state index >= 15 is 0 Å². The van der Waals surface area contributed by atoms with Gasteiger partial charge < -0.3 is 16.9 Å². The Morgan fingerprint density at radius 2 is 0.531 bits per heavy atom. The van der Waals surface area contributed by atoms with Gasteiger partial charge in [0.15, 0.2) is 0 Å². The molecule has 0 unspecified atom stereocenters. The second-order valence-corrected chi connectivity index (χ2v) is 10.4. The molecule has 0 bridgehead atoms. The molecule has 0 aromatic carbocycles. The standard InChI is InChI=1S/C30H64N.ClH/c1-5-9-10-11-12-13-14-15-16-17-18-19-20-21-22-23-24-25-26-27-28-29-30-31(6-2,7-3)8-4;/h5-30H2,1-4H3;1H/q+1;/p-1. The molecular weight excluding hydrogens is 410 g/mol. The first-order chi connectivity index (χ1) is 15.2. The van der Waals surface area contributed by atoms with Crippen molar-refractivity contribution in [3.63, 3.8) is 0 Å². The third kappa shape index (κ3) is 22.1. The number of quaternary nitrogens is 1. The van der Waals surface area contributed by atoms with Crippen molar-refractivity contribution in [3.8, 4) is 0 Å². The molecule has 0 amide bonds. The second-order valence-electron chi connectivity index (χ2n) is 10.4. The number of rotatable bonds is 26. The Kier molecular flexibility index (Phi) is 29.6. The summed E-state index contributed by atoms with van der Waals surface area (Å²) in [5.41, 5.74) is 0. The molecule has 1 nitrogen and oxygen atoms in total. The van der Waals surface area contributed by atoms with Crippen LogP contribution >= 0.6 is 0 Å². The van der Waals surface area contributed by atoms with Crippen molar-refractivity contribution in [2.75, 3.05) is 26.2 Å². The van der Waals surface area contributed by atoms with E-state index in [1.807, 2.05) is 0 Å². The molecule has 0 aromatic rings. The van der Waals surface area contributed by atoms with Gasteiger partial charge in [-0.3, -0.25) is 0 Å². The van der Waals surface area contributed by atoms with Gasteiger partial charge in [-0.25, -0.2) is 0 Å². The fraction of sp³-hybridized carbons (Fsp3) is 1.00. The predicted octanol–water partition coefficient (Wildman–Crippen LogP) is 7.47. The highest BCUT2D eigenvalue weighted by Crippen LogP contribution is 2.16. The van der Waals surface area contributed by atoms with Gasteiger partial charge in [0.05, 0.1) is 26.2 Å². The molecule has 0 rings (SSSR count). The maximum absolute atomic E-state index is 2.37. The highest BCUT2D eigenvalue weighted by Gasteiger charge is 2.19. The van der Waals surface area contributed by atoms with Crippen LogP contribution in [0.4, 0.5) is 0 Å². The van der Waals surface area contributed by atoms with Gasteiger partial charge in [-0.1, -0.05) is 135 Å². The first kappa shape index (κ1) is 34.4. The van der Waals surface area contributed by atoms with Crippen LogP contribution in [0.15, 0.2) is 0 Å². The van der Waals surface area contributed by atoms with Crippen LogP contribution in [-0.2, 0) is 0 Å². The van der Waals surface area contributed by atoms with Crippen LogP contribution in [0, 0.1) is 0 Å². The molecule has 0 N–H and O–H groups in total. The van der Waals surface area contributed by atoms with Gasteiger partial charge in [-0.15, -0.1) is 0 Å². The Hall–Kier alpha value is 0.250. The minimum atomic E-state index is 0. The molecule has 0 radical (unpaired) electrons. The Labute approximate surface area is 211 Å². The lowest BCUT2D eigenvalue weighted by molar-refractivity contribution is -0.923. The topological polar surface area (TPSA) is 0 Å². The van der Waals surface area contributed by atoms with Crippen LogP contribution in [0.3, 0.4) is 0 Å². The van der Waals surface area contributed by atoms with E-state index in [2.05, 4.69) is 27.7 Å². The normalized spacial score (nSPS) is 11.6. The van der Waals surface area contributed by atoms with Gasteiger partial charge in [0, 0.05) is 0 Å². The van der Waals surface area contributed by atoms with Gasteiger partial charge in [0.2, 0.25) is 0 Å². The summed E-state index contributed by atoms with van der Waals surface area (Å²) in [6.07, 6.45) is 32.4. The third-order valence-electron chi connectivity index (χ3n) is 8.00. The second kappa shape index (κ2) is 27.5. The molecule has 0 aliphatic rings. The molecule has 32 heavy (non-hydrogen) atoms. The summed E-state index contributed by atoms with van der Waals surface area (Å²) in [7, 11) is 0. The molecule has 0 spiro atoms. The molecule has 0 aliphatic heterocycles. The first-order valence-corrected chi connectivity index (χ1v) is 15.1. The Morgan fingerprint density at radius 3 is 0.750 bits per heavy atom. The average molecular weight is 474 g/mol. The van der Waals surface area contributed by atoms with Gasteiger partial charge in [0.25, 0.3) is 0 Å². The SMILES string of the molecule is CCCCCCCCCCCCCCCCCCCCCCCC[N+](CC)(CC)CC.[Cl-]. The van der Waals surface area contributed by atoms with Crippen LogP contribution in [0.25, 0.3) is 0 Å². The summed E-state index contributed by atoms with van der Waals surface area (Å²) < 4.78 is 1.33. The van der Waals surface area contributed by atoms with Gasteiger partial charge >= 0.3 is 0 Å². The molecule has 196 valence electrons. The van der Waals surface area contributed by atoms with Crippen molar-refractivity contribution >= 4 is 0 Å². The minimum absolute atomic E-state index is 0. The number of halogens is 1. The molecule has 0 heterocycles. The average Bonchev–Trinajstić information content (AvgIpc) is 2.80. The highest BCUT2D eigenvalue weighted by molar-refractivity contribution is 4.51. The lowest BCUT2D eigenvalue weighted by Gasteiger charge is -2.35. The Morgan fingerprint density at radius 1 is 0.312 bits per heavy atom. The monoisotopic (exact) mass is 473 g/mol. The van der Waals surface area contributed by atoms with E-state index in [4.69, 9.17) is 0 Å². The molecule has 0 atom stereocenters. The number of hydrogen-bond donors (Lipinski definition) is 0. The Bertz CT molecular complexity index is 319. The first-order valence-electron chi connectivity index (χ1n) is 15.1. The Balaban J connectivity index is 0. The maximum Gasteiger partial charge on any atom is 0.0786 e. The molecule has 0 aromatic heterocycles. The van der Waals surface area contributed by atoms with Crippen molar-refractivity contribution in [2.45, 2.75) is 169 Å². The van der Waals surface area contributed by atoms with Crippen LogP contribution in [0.2, 0.25) is 0 Å². The summed E-state index contributed by atoms with van der Waals surface area (Å²) in [6.45, 7) is 14.7. The zero-order valence-electron chi connectivity index (χ0n) is 23.2. The van der Waals surface area contributed by atoms with Crippen molar-refractivity contribution in [3.05, 3.63) is 0 Å². The van der Waals surface area contributed by atoms with Gasteiger partial charge in [0.1, 0.15) is 0 Å². The van der Waals surface area contributed by atoms with E-state index in [0.717, 1.165) is 0 Å². The lowest BCUT2D eigenvalue weighted by atomic mass is 10.0. The number of unbranched alkanes of at least 4 members (excludes halogenated alkanes) is 21. The van der Waals surface area contributed by atoms with Crippen LogP contribution in [0.1, 0.15) is 169 Å². The van der Waals surface area contributed by atoms with E-state index < -0.39 is 0 Å². The smallest absolute Gasteiger partial charge is 0.0786 e. The lowest BCUT2D eigenvalue weighted by Crippen LogP contribution is -3.00. The fourth-order valence-corrected chi connectivity index (χ4v) is 5.20. The minimum Gasteiger partial charge on any atom is -1.00 e. The van der Waals surface area contributed by atoms with Gasteiger partial charge in [-0.2, -0.15) is 0 Å². The number of hydrogen-bond acceptors (Lipinski definition) is 0. The van der Waals surface area contributed by atoms with Gasteiger partial charge in [-0.05, 0) is 33.6 Å². The van der Waals surface area contributed by atoms with E-state index in [-0.39, 0.29) is 12.4 Å². The van der Waals surface area contributed by atoms with E-state index in [1.54, 1.807) is 0 Å². The van der Waals surface area contributed by atoms with Crippen molar-refractivity contribution in [1.29, 1.82) is 0 Å². The zero-order chi connectivity index (χ0) is 22.9. The quantitative estimate of drug-likeness (QED) is 0.0902. The van der Waals surface area contributed by atoms with E-state index in [9.17, 15) is 0 Å². The molecular formula is C30H64ClN. The van der Waals surface area contributed by atoms with E-state index in [1.165, 1.54) is 172 Å². The van der Waals surface area contributed by atoms with Crippen LogP contribution in [-0.4, -0.2) is 30.7 Å². The summed E-state index contributed by atoms with van der Waals surface area (Å²) >= 11 is 0. The van der Waals surface area contributed by atoms with Crippen LogP contribution in [0.5, 0.6) is 0 Å². The maximum atomic E-state index is 2.37. The van der Waals surface area contributed by atoms with E-state index in [0.29, 0.717) is 0 Å². The molecule has 0 saturated heterocycles. The highest BCUT2D eigenvalue weighted by atomic mass is 35.5. The molecule has 2 heteroatoms. The van der Waals surface area contributed by atoms with Crippen molar-refractivity contribution in [1.82, 2.24) is 0 Å².